The summed E-state index contributed by atoms with van der Waals surface area (Å²) in [6, 6.07) is 11.2. The molecular weight excluding hydrogens is 269 g/mol. The fraction of sp³-hybridized carbons (Fsp3) is 0.154. The molecule has 0 saturated carbocycles. The second-order valence-electron chi connectivity index (χ2n) is 3.89. The van der Waals surface area contributed by atoms with Crippen molar-refractivity contribution >= 4 is 23.2 Å². The number of nitrogens with two attached hydrogens (primary N) is 1. The van der Waals surface area contributed by atoms with Crippen LogP contribution in [0.3, 0.4) is 0 Å². The molecule has 3 N–H and O–H groups in total. The summed E-state index contributed by atoms with van der Waals surface area (Å²) in [5.41, 5.74) is 4.57. The van der Waals surface area contributed by atoms with Gasteiger partial charge in [-0.2, -0.15) is 0 Å². The van der Waals surface area contributed by atoms with Crippen molar-refractivity contribution in [3.05, 3.63) is 63.9 Å². The van der Waals surface area contributed by atoms with Crippen LogP contribution in [0.1, 0.15) is 17.3 Å². The van der Waals surface area contributed by atoms with Gasteiger partial charge in [-0.3, -0.25) is 16.3 Å². The third-order valence-electron chi connectivity index (χ3n) is 2.70. The zero-order valence-corrected chi connectivity index (χ0v) is 11.1. The number of benzene rings is 1. The first-order valence-electron chi connectivity index (χ1n) is 5.52. The van der Waals surface area contributed by atoms with Gasteiger partial charge in [0.25, 0.3) is 0 Å². The predicted octanol–water partition coefficient (Wildman–Crippen LogP) is 3.14. The number of hydrogen-bond acceptors (Lipinski definition) is 3. The average Bonchev–Trinajstić information content (AvgIpc) is 2.41. The highest BCUT2D eigenvalue weighted by Gasteiger charge is 2.15. The Labute approximate surface area is 116 Å². The lowest BCUT2D eigenvalue weighted by Gasteiger charge is -2.17. The summed E-state index contributed by atoms with van der Waals surface area (Å²) in [4.78, 5) is 4.27. The van der Waals surface area contributed by atoms with Gasteiger partial charge in [0.15, 0.2) is 0 Å². The molecule has 0 radical (unpaired) electrons. The molecule has 0 saturated heterocycles. The van der Waals surface area contributed by atoms with Crippen molar-refractivity contribution in [2.75, 3.05) is 0 Å². The van der Waals surface area contributed by atoms with Gasteiger partial charge in [-0.1, -0.05) is 41.4 Å². The molecule has 0 aliphatic carbocycles. The van der Waals surface area contributed by atoms with Gasteiger partial charge in [-0.15, -0.1) is 0 Å². The first kappa shape index (κ1) is 13.3. The van der Waals surface area contributed by atoms with Crippen molar-refractivity contribution in [3.8, 4) is 0 Å². The second-order valence-corrected chi connectivity index (χ2v) is 4.67. The molecule has 2 rings (SSSR count). The molecule has 1 aromatic carbocycles. The van der Waals surface area contributed by atoms with E-state index in [9.17, 15) is 0 Å². The van der Waals surface area contributed by atoms with Crippen LogP contribution in [0.2, 0.25) is 10.0 Å². The van der Waals surface area contributed by atoms with Gasteiger partial charge in [0.2, 0.25) is 0 Å². The summed E-state index contributed by atoms with van der Waals surface area (Å²) in [6.45, 7) is 0. The Hall–Kier alpha value is -1.13. The smallest absolute Gasteiger partial charge is 0.0640 e. The number of halogens is 2. The lowest BCUT2D eigenvalue weighted by Crippen LogP contribution is -2.30. The molecule has 1 atom stereocenters. The van der Waals surface area contributed by atoms with E-state index in [1.807, 2.05) is 30.3 Å². The number of hydrogen-bond donors (Lipinski definition) is 2. The molecule has 0 spiro atoms. The molecule has 1 aromatic heterocycles. The molecule has 3 nitrogen and oxygen atoms in total. The standard InChI is InChI=1S/C13H13Cl2N3/c14-11-6-3-5-10(13(11)15)12(18-16)8-9-4-1-2-7-17-9/h1-7,12,18H,8,16H2. The van der Waals surface area contributed by atoms with Gasteiger partial charge in [-0.05, 0) is 23.8 Å². The van der Waals surface area contributed by atoms with Gasteiger partial charge in [0.1, 0.15) is 0 Å². The summed E-state index contributed by atoms with van der Waals surface area (Å²) >= 11 is 12.2. The van der Waals surface area contributed by atoms with E-state index in [2.05, 4.69) is 10.4 Å². The summed E-state index contributed by atoms with van der Waals surface area (Å²) < 4.78 is 0. The molecule has 0 aliphatic heterocycles. The van der Waals surface area contributed by atoms with E-state index in [4.69, 9.17) is 29.0 Å². The fourth-order valence-corrected chi connectivity index (χ4v) is 2.22. The van der Waals surface area contributed by atoms with Crippen LogP contribution >= 0.6 is 23.2 Å². The van der Waals surface area contributed by atoms with Gasteiger partial charge in [-0.25, -0.2) is 0 Å². The highest BCUT2D eigenvalue weighted by Crippen LogP contribution is 2.30. The molecular formula is C13H13Cl2N3. The topological polar surface area (TPSA) is 50.9 Å². The van der Waals surface area contributed by atoms with Crippen molar-refractivity contribution in [2.24, 2.45) is 5.84 Å². The number of pyridine rings is 1. The van der Waals surface area contributed by atoms with Crippen molar-refractivity contribution < 1.29 is 0 Å². The van der Waals surface area contributed by atoms with Crippen LogP contribution in [0.4, 0.5) is 0 Å². The fourth-order valence-electron chi connectivity index (χ4n) is 1.78. The summed E-state index contributed by atoms with van der Waals surface area (Å²) in [6.07, 6.45) is 2.40. The van der Waals surface area contributed by atoms with Crippen LogP contribution in [-0.2, 0) is 6.42 Å². The lowest BCUT2D eigenvalue weighted by atomic mass is 10.0. The molecule has 0 amide bonds. The quantitative estimate of drug-likeness (QED) is 0.669. The molecule has 1 unspecified atom stereocenters. The lowest BCUT2D eigenvalue weighted by molar-refractivity contribution is 0.546. The molecule has 0 bridgehead atoms. The summed E-state index contributed by atoms with van der Waals surface area (Å²) in [5, 5.41) is 1.05. The Morgan fingerprint density at radius 2 is 2.00 bits per heavy atom. The van der Waals surface area contributed by atoms with E-state index < -0.39 is 0 Å². The van der Waals surface area contributed by atoms with Crippen LogP contribution in [0.5, 0.6) is 0 Å². The number of aromatic nitrogens is 1. The van der Waals surface area contributed by atoms with E-state index in [1.165, 1.54) is 0 Å². The van der Waals surface area contributed by atoms with Crippen molar-refractivity contribution in [3.63, 3.8) is 0 Å². The Balaban J connectivity index is 2.26. The number of hydrazine groups is 1. The maximum atomic E-state index is 6.19. The zero-order valence-electron chi connectivity index (χ0n) is 9.61. The van der Waals surface area contributed by atoms with E-state index in [0.717, 1.165) is 11.3 Å². The maximum Gasteiger partial charge on any atom is 0.0640 e. The van der Waals surface area contributed by atoms with Gasteiger partial charge in [0, 0.05) is 18.3 Å². The normalized spacial score (nSPS) is 12.4. The molecule has 2 aromatic rings. The second kappa shape index (κ2) is 6.16. The monoisotopic (exact) mass is 281 g/mol. The summed E-state index contributed by atoms with van der Waals surface area (Å²) in [7, 11) is 0. The van der Waals surface area contributed by atoms with Crippen LogP contribution in [0, 0.1) is 0 Å². The minimum absolute atomic E-state index is 0.119. The van der Waals surface area contributed by atoms with Crippen LogP contribution < -0.4 is 11.3 Å². The number of nitrogens with one attached hydrogen (secondary N) is 1. The third-order valence-corrected chi connectivity index (χ3v) is 3.53. The number of rotatable bonds is 4. The van der Waals surface area contributed by atoms with Crippen LogP contribution in [0.15, 0.2) is 42.6 Å². The first-order chi connectivity index (χ1) is 8.72. The maximum absolute atomic E-state index is 6.19. The van der Waals surface area contributed by atoms with E-state index in [1.54, 1.807) is 12.3 Å². The molecule has 18 heavy (non-hydrogen) atoms. The van der Waals surface area contributed by atoms with E-state index in [-0.39, 0.29) is 6.04 Å². The molecule has 0 aliphatic rings. The SMILES string of the molecule is NNC(Cc1ccccn1)c1cccc(Cl)c1Cl. The Morgan fingerprint density at radius 3 is 2.67 bits per heavy atom. The third kappa shape index (κ3) is 3.00. The summed E-state index contributed by atoms with van der Waals surface area (Å²) in [5.74, 6) is 5.59. The minimum atomic E-state index is -0.119. The minimum Gasteiger partial charge on any atom is -0.271 e. The first-order valence-corrected chi connectivity index (χ1v) is 6.28. The van der Waals surface area contributed by atoms with E-state index in [0.29, 0.717) is 16.5 Å². The Kier molecular flexibility index (Phi) is 4.55. The van der Waals surface area contributed by atoms with Crippen molar-refractivity contribution in [2.45, 2.75) is 12.5 Å². The van der Waals surface area contributed by atoms with E-state index >= 15 is 0 Å². The number of nitrogens with zero attached hydrogens (tertiary/aromatic N) is 1. The van der Waals surface area contributed by atoms with Crippen molar-refractivity contribution in [1.29, 1.82) is 0 Å². The Bertz CT molecular complexity index is 517. The van der Waals surface area contributed by atoms with Gasteiger partial charge >= 0.3 is 0 Å². The largest absolute Gasteiger partial charge is 0.271 e. The molecule has 0 fully saturated rings. The van der Waals surface area contributed by atoms with Gasteiger partial charge in [0.05, 0.1) is 16.1 Å². The highest BCUT2D eigenvalue weighted by atomic mass is 35.5. The highest BCUT2D eigenvalue weighted by molar-refractivity contribution is 6.42. The van der Waals surface area contributed by atoms with Crippen LogP contribution in [0.25, 0.3) is 0 Å². The Morgan fingerprint density at radius 1 is 1.17 bits per heavy atom. The van der Waals surface area contributed by atoms with Crippen LogP contribution in [-0.4, -0.2) is 4.98 Å². The molecule has 94 valence electrons. The molecule has 1 heterocycles. The average molecular weight is 282 g/mol. The zero-order chi connectivity index (χ0) is 13.0. The molecule has 5 heteroatoms. The predicted molar refractivity (Wildman–Crippen MR) is 74.5 cm³/mol. The van der Waals surface area contributed by atoms with Crippen molar-refractivity contribution in [1.82, 2.24) is 10.4 Å². The van der Waals surface area contributed by atoms with Gasteiger partial charge < -0.3 is 0 Å².